The van der Waals surface area contributed by atoms with Gasteiger partial charge in [-0.25, -0.2) is 13.2 Å². The Morgan fingerprint density at radius 1 is 1.24 bits per heavy atom. The van der Waals surface area contributed by atoms with E-state index >= 15 is 0 Å². The van der Waals surface area contributed by atoms with Crippen LogP contribution in [0.4, 0.5) is 4.79 Å². The zero-order valence-corrected chi connectivity index (χ0v) is 14.3. The first-order valence-electron chi connectivity index (χ1n) is 7.76. The summed E-state index contributed by atoms with van der Waals surface area (Å²) in [4.78, 5) is 14.2. The zero-order chi connectivity index (χ0) is 15.3. The maximum atomic E-state index is 12.3. The van der Waals surface area contributed by atoms with Crippen molar-refractivity contribution >= 4 is 27.6 Å². The second-order valence-corrected chi connectivity index (χ2v) is 9.52. The van der Waals surface area contributed by atoms with Crippen LogP contribution in [0.5, 0.6) is 0 Å². The number of rotatable bonds is 3. The van der Waals surface area contributed by atoms with Gasteiger partial charge in [0, 0.05) is 24.9 Å². The van der Waals surface area contributed by atoms with Crippen LogP contribution in [-0.4, -0.2) is 62.0 Å². The fraction of sp³-hybridized carbons (Fsp3) is 0.929. The fourth-order valence-electron chi connectivity index (χ4n) is 2.97. The van der Waals surface area contributed by atoms with Crippen LogP contribution < -0.4 is 5.32 Å². The number of urea groups is 1. The van der Waals surface area contributed by atoms with Gasteiger partial charge in [-0.2, -0.15) is 11.8 Å². The van der Waals surface area contributed by atoms with Crippen LogP contribution >= 0.6 is 11.8 Å². The molecule has 0 aromatic rings. The van der Waals surface area contributed by atoms with Gasteiger partial charge in [0.25, 0.3) is 0 Å². The number of amides is 2. The Bertz CT molecular complexity index is 439. The number of hydrogen-bond donors (Lipinski definition) is 1. The van der Waals surface area contributed by atoms with E-state index in [1.807, 2.05) is 16.7 Å². The Labute approximate surface area is 132 Å². The lowest BCUT2D eigenvalue weighted by Gasteiger charge is -2.26. The third kappa shape index (κ3) is 5.36. The molecule has 7 heteroatoms. The molecule has 0 radical (unpaired) electrons. The molecule has 21 heavy (non-hydrogen) atoms. The molecule has 0 saturated carbocycles. The van der Waals surface area contributed by atoms with Gasteiger partial charge in [-0.05, 0) is 37.9 Å². The predicted molar refractivity (Wildman–Crippen MR) is 87.5 cm³/mol. The SMILES string of the molecule is CS[C@H]1CCCCN(C(=O)NCC2CCS(=O)(=O)CC2)C1. The van der Waals surface area contributed by atoms with Crippen LogP contribution in [0.15, 0.2) is 0 Å². The number of likely N-dealkylation sites (tertiary alicyclic amines) is 1. The lowest BCUT2D eigenvalue weighted by atomic mass is 10.0. The van der Waals surface area contributed by atoms with Gasteiger partial charge < -0.3 is 10.2 Å². The first-order valence-corrected chi connectivity index (χ1v) is 10.9. The maximum absolute atomic E-state index is 12.3. The standard InChI is InChI=1S/C14H26N2O3S2/c1-20-13-4-2-3-7-16(11-13)14(17)15-10-12-5-8-21(18,19)9-6-12/h12-13H,2-11H2,1H3,(H,15,17)/t13-/m0/s1. The molecule has 1 N–H and O–H groups in total. The topological polar surface area (TPSA) is 66.5 Å². The number of nitrogens with one attached hydrogen (secondary N) is 1. The van der Waals surface area contributed by atoms with Gasteiger partial charge in [0.1, 0.15) is 9.84 Å². The lowest BCUT2D eigenvalue weighted by Crippen LogP contribution is -2.44. The van der Waals surface area contributed by atoms with Crippen LogP contribution in [0, 0.1) is 5.92 Å². The van der Waals surface area contributed by atoms with Gasteiger partial charge in [0.05, 0.1) is 11.5 Å². The summed E-state index contributed by atoms with van der Waals surface area (Å²) in [5.41, 5.74) is 0. The number of sulfone groups is 1. The van der Waals surface area contributed by atoms with Crippen molar-refractivity contribution in [1.29, 1.82) is 0 Å². The molecule has 2 heterocycles. The Morgan fingerprint density at radius 2 is 1.95 bits per heavy atom. The molecule has 122 valence electrons. The van der Waals surface area contributed by atoms with Crippen molar-refractivity contribution in [2.24, 2.45) is 5.92 Å². The zero-order valence-electron chi connectivity index (χ0n) is 12.7. The highest BCUT2D eigenvalue weighted by atomic mass is 32.2. The number of thioether (sulfide) groups is 1. The molecule has 2 aliphatic rings. The highest BCUT2D eigenvalue weighted by molar-refractivity contribution is 7.99. The second-order valence-electron chi connectivity index (χ2n) is 6.08. The van der Waals surface area contributed by atoms with Gasteiger partial charge in [-0.15, -0.1) is 0 Å². The molecule has 2 aliphatic heterocycles. The summed E-state index contributed by atoms with van der Waals surface area (Å²) in [5, 5.41) is 3.54. The average Bonchev–Trinajstić information content (AvgIpc) is 2.71. The molecule has 2 saturated heterocycles. The molecule has 0 bridgehead atoms. The summed E-state index contributed by atoms with van der Waals surface area (Å²) in [6, 6.07) is 0.0179. The van der Waals surface area contributed by atoms with Crippen molar-refractivity contribution in [1.82, 2.24) is 10.2 Å². The maximum Gasteiger partial charge on any atom is 0.317 e. The average molecular weight is 335 g/mol. The van der Waals surface area contributed by atoms with Crippen molar-refractivity contribution in [2.75, 3.05) is 37.4 Å². The quantitative estimate of drug-likeness (QED) is 0.854. The van der Waals surface area contributed by atoms with Gasteiger partial charge in [-0.3, -0.25) is 0 Å². The van der Waals surface area contributed by atoms with Crippen molar-refractivity contribution < 1.29 is 13.2 Å². The summed E-state index contributed by atoms with van der Waals surface area (Å²) >= 11 is 1.84. The van der Waals surface area contributed by atoms with E-state index in [9.17, 15) is 13.2 Å². The van der Waals surface area contributed by atoms with Gasteiger partial charge >= 0.3 is 6.03 Å². The van der Waals surface area contributed by atoms with Crippen molar-refractivity contribution in [3.8, 4) is 0 Å². The minimum atomic E-state index is -2.82. The molecule has 0 aliphatic carbocycles. The molecule has 0 aromatic heterocycles. The number of carbonyl (C=O) groups is 1. The fourth-order valence-corrected chi connectivity index (χ4v) is 5.29. The third-order valence-corrected chi connectivity index (χ3v) is 7.23. The molecule has 0 aromatic carbocycles. The largest absolute Gasteiger partial charge is 0.338 e. The number of nitrogens with zero attached hydrogens (tertiary/aromatic N) is 1. The molecule has 1 atom stereocenters. The van der Waals surface area contributed by atoms with E-state index in [0.717, 1.165) is 19.5 Å². The lowest BCUT2D eigenvalue weighted by molar-refractivity contribution is 0.198. The van der Waals surface area contributed by atoms with E-state index < -0.39 is 9.84 Å². The Morgan fingerprint density at radius 3 is 2.62 bits per heavy atom. The predicted octanol–water partition coefficient (Wildman–Crippen LogP) is 1.74. The molecule has 0 spiro atoms. The van der Waals surface area contributed by atoms with Gasteiger partial charge in [0.15, 0.2) is 0 Å². The summed E-state index contributed by atoms with van der Waals surface area (Å²) < 4.78 is 22.8. The minimum absolute atomic E-state index is 0.0179. The minimum Gasteiger partial charge on any atom is -0.338 e. The molecule has 5 nitrogen and oxygen atoms in total. The molecule has 2 fully saturated rings. The van der Waals surface area contributed by atoms with E-state index in [1.54, 1.807) is 0 Å². The Kier molecular flexibility index (Phi) is 6.22. The summed E-state index contributed by atoms with van der Waals surface area (Å²) in [6.07, 6.45) is 6.91. The van der Waals surface area contributed by atoms with Crippen molar-refractivity contribution in [3.05, 3.63) is 0 Å². The molecular weight excluding hydrogens is 308 g/mol. The normalized spacial score (nSPS) is 27.1. The smallest absolute Gasteiger partial charge is 0.317 e. The van der Waals surface area contributed by atoms with E-state index in [0.29, 0.717) is 30.6 Å². The molecule has 0 unspecified atom stereocenters. The third-order valence-electron chi connectivity index (χ3n) is 4.46. The summed E-state index contributed by atoms with van der Waals surface area (Å²) in [6.45, 7) is 2.27. The van der Waals surface area contributed by atoms with E-state index in [2.05, 4.69) is 11.6 Å². The Hall–Kier alpha value is -0.430. The number of hydrogen-bond acceptors (Lipinski definition) is 4. The second kappa shape index (κ2) is 7.72. The van der Waals surface area contributed by atoms with Crippen LogP contribution in [0.25, 0.3) is 0 Å². The molecule has 2 amide bonds. The summed E-state index contributed by atoms with van der Waals surface area (Å²) in [7, 11) is -2.82. The monoisotopic (exact) mass is 334 g/mol. The highest BCUT2D eigenvalue weighted by Gasteiger charge is 2.25. The van der Waals surface area contributed by atoms with Crippen molar-refractivity contribution in [3.63, 3.8) is 0 Å². The van der Waals surface area contributed by atoms with Crippen LogP contribution in [-0.2, 0) is 9.84 Å². The molecular formula is C14H26N2O3S2. The van der Waals surface area contributed by atoms with Crippen LogP contribution in [0.3, 0.4) is 0 Å². The highest BCUT2D eigenvalue weighted by Crippen LogP contribution is 2.21. The van der Waals surface area contributed by atoms with E-state index in [-0.39, 0.29) is 17.5 Å². The van der Waals surface area contributed by atoms with Crippen molar-refractivity contribution in [2.45, 2.75) is 37.4 Å². The molecule has 2 rings (SSSR count). The van der Waals surface area contributed by atoms with Gasteiger partial charge in [0.2, 0.25) is 0 Å². The van der Waals surface area contributed by atoms with E-state index in [4.69, 9.17) is 0 Å². The number of carbonyl (C=O) groups excluding carboxylic acids is 1. The van der Waals surface area contributed by atoms with Crippen LogP contribution in [0.1, 0.15) is 32.1 Å². The summed E-state index contributed by atoms with van der Waals surface area (Å²) in [5.74, 6) is 0.846. The Balaban J connectivity index is 1.76. The van der Waals surface area contributed by atoms with E-state index in [1.165, 1.54) is 12.8 Å². The first kappa shape index (κ1) is 16.9. The van der Waals surface area contributed by atoms with Crippen LogP contribution in [0.2, 0.25) is 0 Å². The van der Waals surface area contributed by atoms with Gasteiger partial charge in [-0.1, -0.05) is 6.42 Å². The first-order chi connectivity index (χ1) is 10.00.